The summed E-state index contributed by atoms with van der Waals surface area (Å²) in [4.78, 5) is 26.6. The molecule has 0 aliphatic carbocycles. The van der Waals surface area contributed by atoms with Gasteiger partial charge in [-0.2, -0.15) is 0 Å². The van der Waals surface area contributed by atoms with E-state index >= 15 is 0 Å². The van der Waals surface area contributed by atoms with Crippen LogP contribution in [-0.4, -0.2) is 16.1 Å². The summed E-state index contributed by atoms with van der Waals surface area (Å²) < 4.78 is 0. The van der Waals surface area contributed by atoms with Crippen LogP contribution in [0.3, 0.4) is 0 Å². The van der Waals surface area contributed by atoms with Crippen molar-refractivity contribution in [2.45, 2.75) is 6.92 Å². The predicted molar refractivity (Wildman–Crippen MR) is 58.1 cm³/mol. The van der Waals surface area contributed by atoms with Gasteiger partial charge in [-0.1, -0.05) is 6.07 Å². The first-order valence-electron chi connectivity index (χ1n) is 4.33. The highest BCUT2D eigenvalue weighted by molar-refractivity contribution is 8.18. The molecule has 0 radical (unpaired) electrons. The number of hydrogen-bond donors (Lipinski definition) is 1. The van der Waals surface area contributed by atoms with E-state index in [1.165, 1.54) is 0 Å². The van der Waals surface area contributed by atoms with Crippen molar-refractivity contribution in [3.63, 3.8) is 0 Å². The van der Waals surface area contributed by atoms with E-state index in [0.717, 1.165) is 23.0 Å². The van der Waals surface area contributed by atoms with Crippen LogP contribution in [0.15, 0.2) is 23.2 Å². The number of aromatic nitrogens is 1. The first kappa shape index (κ1) is 9.92. The second-order valence-electron chi connectivity index (χ2n) is 3.09. The summed E-state index contributed by atoms with van der Waals surface area (Å²) in [5, 5.41) is 1.87. The Morgan fingerprint density at radius 2 is 2.20 bits per heavy atom. The van der Waals surface area contributed by atoms with E-state index in [-0.39, 0.29) is 11.1 Å². The zero-order chi connectivity index (χ0) is 10.8. The number of hydrogen-bond acceptors (Lipinski definition) is 4. The van der Waals surface area contributed by atoms with E-state index in [1.807, 2.05) is 19.1 Å². The van der Waals surface area contributed by atoms with Crippen molar-refractivity contribution >= 4 is 29.0 Å². The third kappa shape index (κ3) is 2.24. The molecule has 0 unspecified atom stereocenters. The first-order valence-corrected chi connectivity index (χ1v) is 5.14. The topological polar surface area (TPSA) is 59.1 Å². The summed E-state index contributed by atoms with van der Waals surface area (Å²) in [6.07, 6.45) is 3.32. The number of nitrogens with one attached hydrogen (secondary N) is 1. The Kier molecular flexibility index (Phi) is 2.55. The highest BCUT2D eigenvalue weighted by Crippen LogP contribution is 2.25. The smallest absolute Gasteiger partial charge is 0.282 e. The van der Waals surface area contributed by atoms with Crippen molar-refractivity contribution in [2.75, 3.05) is 0 Å². The molecule has 2 rings (SSSR count). The van der Waals surface area contributed by atoms with Crippen LogP contribution in [0.5, 0.6) is 0 Å². The first-order chi connectivity index (χ1) is 7.15. The van der Waals surface area contributed by atoms with Gasteiger partial charge in [0.15, 0.2) is 0 Å². The van der Waals surface area contributed by atoms with E-state index < -0.39 is 0 Å². The molecule has 2 amide bonds. The molecule has 1 aromatic rings. The maximum atomic E-state index is 11.2. The molecule has 15 heavy (non-hydrogen) atoms. The minimum atomic E-state index is -0.342. The molecule has 76 valence electrons. The zero-order valence-corrected chi connectivity index (χ0v) is 8.80. The fourth-order valence-electron chi connectivity index (χ4n) is 1.14. The van der Waals surface area contributed by atoms with Gasteiger partial charge in [-0.3, -0.25) is 19.9 Å². The van der Waals surface area contributed by atoms with Crippen LogP contribution in [0.4, 0.5) is 4.79 Å². The number of nitrogens with zero attached hydrogens (tertiary/aromatic N) is 1. The van der Waals surface area contributed by atoms with Crippen molar-refractivity contribution in [3.05, 3.63) is 34.5 Å². The second-order valence-corrected chi connectivity index (χ2v) is 4.10. The van der Waals surface area contributed by atoms with Crippen LogP contribution < -0.4 is 5.32 Å². The van der Waals surface area contributed by atoms with Gasteiger partial charge in [0.1, 0.15) is 0 Å². The van der Waals surface area contributed by atoms with Crippen LogP contribution >= 0.6 is 11.8 Å². The van der Waals surface area contributed by atoms with Gasteiger partial charge in [0.05, 0.1) is 4.91 Å². The maximum absolute atomic E-state index is 11.2. The van der Waals surface area contributed by atoms with E-state index in [9.17, 15) is 9.59 Å². The molecule has 1 aliphatic heterocycles. The van der Waals surface area contributed by atoms with Crippen molar-refractivity contribution < 1.29 is 9.59 Å². The van der Waals surface area contributed by atoms with Crippen LogP contribution in [-0.2, 0) is 4.79 Å². The highest BCUT2D eigenvalue weighted by atomic mass is 32.2. The highest BCUT2D eigenvalue weighted by Gasteiger charge is 2.24. The second kappa shape index (κ2) is 3.86. The number of carbonyl (C=O) groups is 2. The van der Waals surface area contributed by atoms with Gasteiger partial charge < -0.3 is 0 Å². The number of aryl methyl sites for hydroxylation is 1. The number of imide groups is 1. The van der Waals surface area contributed by atoms with Gasteiger partial charge in [0.2, 0.25) is 0 Å². The van der Waals surface area contributed by atoms with Gasteiger partial charge in [-0.15, -0.1) is 0 Å². The molecule has 2 heterocycles. The fraction of sp³-hybridized carbons (Fsp3) is 0.100. The molecule has 0 spiro atoms. The summed E-state index contributed by atoms with van der Waals surface area (Å²) in [5.41, 5.74) is 1.73. The summed E-state index contributed by atoms with van der Waals surface area (Å²) in [6, 6.07) is 3.71. The lowest BCUT2D eigenvalue weighted by Crippen LogP contribution is -2.17. The van der Waals surface area contributed by atoms with Crippen LogP contribution in [0, 0.1) is 6.92 Å². The average Bonchev–Trinajstić information content (AvgIpc) is 2.49. The van der Waals surface area contributed by atoms with Gasteiger partial charge in [-0.05, 0) is 36.4 Å². The normalized spacial score (nSPS) is 18.3. The molecule has 0 bridgehead atoms. The molecular formula is C10H8N2O2S. The minimum Gasteiger partial charge on any atom is -0.282 e. The third-order valence-electron chi connectivity index (χ3n) is 1.87. The molecule has 4 nitrogen and oxygen atoms in total. The molecule has 5 heteroatoms. The van der Waals surface area contributed by atoms with Gasteiger partial charge in [0.25, 0.3) is 11.1 Å². The van der Waals surface area contributed by atoms with E-state index in [4.69, 9.17) is 0 Å². The third-order valence-corrected chi connectivity index (χ3v) is 2.68. The standard InChI is InChI=1S/C10H8N2O2S/c1-6-2-3-7(5-11-6)4-8-9(13)12-10(14)15-8/h2-5H,1H3,(H,12,13,14)/b8-4-. The fourth-order valence-corrected chi connectivity index (χ4v) is 1.82. The number of carbonyl (C=O) groups excluding carboxylic acids is 2. The van der Waals surface area contributed by atoms with E-state index in [1.54, 1.807) is 12.3 Å². The Bertz CT molecular complexity index is 451. The Balaban J connectivity index is 2.27. The molecular weight excluding hydrogens is 212 g/mol. The molecule has 0 aromatic carbocycles. The largest absolute Gasteiger partial charge is 0.290 e. The SMILES string of the molecule is Cc1ccc(/C=C2\SC(=O)NC2=O)cn1. The monoisotopic (exact) mass is 220 g/mol. The average molecular weight is 220 g/mol. The molecule has 0 saturated carbocycles. The molecule has 1 aromatic heterocycles. The number of thioether (sulfide) groups is 1. The summed E-state index contributed by atoms with van der Waals surface area (Å²) in [7, 11) is 0. The van der Waals surface area contributed by atoms with Crippen molar-refractivity contribution in [1.82, 2.24) is 10.3 Å². The molecule has 0 atom stereocenters. The Hall–Kier alpha value is -1.62. The number of amides is 2. The van der Waals surface area contributed by atoms with Gasteiger partial charge in [-0.25, -0.2) is 0 Å². The van der Waals surface area contributed by atoms with E-state index in [0.29, 0.717) is 4.91 Å². The zero-order valence-electron chi connectivity index (χ0n) is 7.98. The summed E-state index contributed by atoms with van der Waals surface area (Å²) in [5.74, 6) is -0.342. The predicted octanol–water partition coefficient (Wildman–Crippen LogP) is 1.71. The Morgan fingerprint density at radius 3 is 2.73 bits per heavy atom. The van der Waals surface area contributed by atoms with Crippen molar-refractivity contribution in [1.29, 1.82) is 0 Å². The quantitative estimate of drug-likeness (QED) is 0.732. The van der Waals surface area contributed by atoms with Crippen molar-refractivity contribution in [2.24, 2.45) is 0 Å². The molecule has 1 fully saturated rings. The molecule has 1 saturated heterocycles. The van der Waals surface area contributed by atoms with Gasteiger partial charge >= 0.3 is 0 Å². The van der Waals surface area contributed by atoms with Crippen molar-refractivity contribution in [3.8, 4) is 0 Å². The van der Waals surface area contributed by atoms with E-state index in [2.05, 4.69) is 10.3 Å². The van der Waals surface area contributed by atoms with Crippen LogP contribution in [0.2, 0.25) is 0 Å². The number of rotatable bonds is 1. The minimum absolute atomic E-state index is 0.327. The lowest BCUT2D eigenvalue weighted by atomic mass is 10.2. The van der Waals surface area contributed by atoms with Crippen LogP contribution in [0.1, 0.15) is 11.3 Å². The lowest BCUT2D eigenvalue weighted by molar-refractivity contribution is -0.115. The summed E-state index contributed by atoms with van der Waals surface area (Å²) >= 11 is 0.906. The van der Waals surface area contributed by atoms with Gasteiger partial charge in [0, 0.05) is 11.9 Å². The maximum Gasteiger partial charge on any atom is 0.290 e. The van der Waals surface area contributed by atoms with Crippen LogP contribution in [0.25, 0.3) is 6.08 Å². The Morgan fingerprint density at radius 1 is 1.40 bits per heavy atom. The molecule has 1 N–H and O–H groups in total. The lowest BCUT2D eigenvalue weighted by Gasteiger charge is -1.94. The summed E-state index contributed by atoms with van der Waals surface area (Å²) in [6.45, 7) is 1.89. The molecule has 1 aliphatic rings. The Labute approximate surface area is 90.8 Å². The number of pyridine rings is 1.